The van der Waals surface area contributed by atoms with E-state index in [1.54, 1.807) is 12.1 Å². The molecule has 0 spiro atoms. The highest BCUT2D eigenvalue weighted by molar-refractivity contribution is 6.31. The molecule has 2 aromatic carbocycles. The van der Waals surface area contributed by atoms with Gasteiger partial charge in [-0.1, -0.05) is 48.0 Å². The number of rotatable bonds is 5. The largest absolute Gasteiger partial charge is 0.507 e. The molecule has 1 unspecified atom stereocenters. The lowest BCUT2D eigenvalue weighted by atomic mass is 10.1. The quantitative estimate of drug-likeness (QED) is 0.793. The zero-order valence-electron chi connectivity index (χ0n) is 11.3. The van der Waals surface area contributed by atoms with Crippen molar-refractivity contribution in [1.29, 1.82) is 0 Å². The summed E-state index contributed by atoms with van der Waals surface area (Å²) < 4.78 is 0. The van der Waals surface area contributed by atoms with Gasteiger partial charge in [0.1, 0.15) is 5.75 Å². The number of benzene rings is 2. The third-order valence-corrected chi connectivity index (χ3v) is 3.58. The lowest BCUT2D eigenvalue weighted by Crippen LogP contribution is -2.21. The Bertz CT molecular complexity index is 586. The maximum atomic E-state index is 10.1. The summed E-state index contributed by atoms with van der Waals surface area (Å²) >= 11 is 6.03. The molecule has 0 amide bonds. The third-order valence-electron chi connectivity index (χ3n) is 3.24. The molecule has 1 atom stereocenters. The summed E-state index contributed by atoms with van der Waals surface area (Å²) in [5.41, 5.74) is 2.36. The molecular weight excluding hydrogens is 274 g/mol. The van der Waals surface area contributed by atoms with Crippen LogP contribution >= 0.6 is 11.6 Å². The van der Waals surface area contributed by atoms with E-state index in [1.165, 1.54) is 0 Å². The number of aryl methyl sites for hydroxylation is 1. The fourth-order valence-corrected chi connectivity index (χ4v) is 2.32. The first-order chi connectivity index (χ1) is 9.59. The van der Waals surface area contributed by atoms with E-state index in [0.717, 1.165) is 11.1 Å². The van der Waals surface area contributed by atoms with E-state index in [-0.39, 0.29) is 0 Å². The zero-order valence-corrected chi connectivity index (χ0v) is 12.1. The van der Waals surface area contributed by atoms with Crippen LogP contribution in [0.2, 0.25) is 5.02 Å². The van der Waals surface area contributed by atoms with Crippen LogP contribution in [0.4, 0.5) is 0 Å². The maximum Gasteiger partial charge on any atom is 0.122 e. The highest BCUT2D eigenvalue weighted by Gasteiger charge is 2.11. The molecule has 2 aromatic rings. The minimum absolute atomic E-state index is 0.298. The lowest BCUT2D eigenvalue weighted by Gasteiger charge is -2.14. The van der Waals surface area contributed by atoms with Crippen LogP contribution in [0.25, 0.3) is 0 Å². The van der Waals surface area contributed by atoms with Crippen LogP contribution in [0.15, 0.2) is 42.5 Å². The summed E-state index contributed by atoms with van der Waals surface area (Å²) in [7, 11) is 0. The molecule has 0 aliphatic rings. The topological polar surface area (TPSA) is 52.5 Å². The molecular formula is C16H18ClNO2. The molecule has 0 fully saturated rings. The minimum atomic E-state index is -0.671. The van der Waals surface area contributed by atoms with Crippen LogP contribution in [0, 0.1) is 6.92 Å². The van der Waals surface area contributed by atoms with Gasteiger partial charge < -0.3 is 15.5 Å². The first-order valence-corrected chi connectivity index (χ1v) is 6.88. The molecule has 2 rings (SSSR count). The number of hydrogen-bond acceptors (Lipinski definition) is 3. The van der Waals surface area contributed by atoms with Crippen molar-refractivity contribution >= 4 is 11.6 Å². The van der Waals surface area contributed by atoms with Gasteiger partial charge in [-0.3, -0.25) is 0 Å². The number of hydrogen-bond donors (Lipinski definition) is 3. The van der Waals surface area contributed by atoms with E-state index in [9.17, 15) is 10.2 Å². The Morgan fingerprint density at radius 1 is 1.15 bits per heavy atom. The van der Waals surface area contributed by atoms with Crippen molar-refractivity contribution < 1.29 is 10.2 Å². The Morgan fingerprint density at radius 3 is 2.65 bits per heavy atom. The number of nitrogens with one attached hydrogen (secondary N) is 1. The van der Waals surface area contributed by atoms with Gasteiger partial charge in [0.15, 0.2) is 0 Å². The molecule has 106 valence electrons. The van der Waals surface area contributed by atoms with Gasteiger partial charge >= 0.3 is 0 Å². The second-order valence-electron chi connectivity index (χ2n) is 4.75. The van der Waals surface area contributed by atoms with Crippen molar-refractivity contribution in [3.63, 3.8) is 0 Å². The van der Waals surface area contributed by atoms with E-state index in [2.05, 4.69) is 5.32 Å². The predicted molar refractivity (Wildman–Crippen MR) is 81.0 cm³/mol. The van der Waals surface area contributed by atoms with Crippen molar-refractivity contribution in [3.05, 3.63) is 64.2 Å². The van der Waals surface area contributed by atoms with Crippen molar-refractivity contribution in [2.24, 2.45) is 0 Å². The smallest absolute Gasteiger partial charge is 0.122 e. The SMILES string of the molecule is Cc1cccc(CNCC(O)c2ccccc2Cl)c1O. The molecule has 0 bridgehead atoms. The van der Waals surface area contributed by atoms with E-state index in [1.807, 2.05) is 37.3 Å². The van der Waals surface area contributed by atoms with E-state index in [4.69, 9.17) is 11.6 Å². The summed E-state index contributed by atoms with van der Waals surface area (Å²) in [6, 6.07) is 12.9. The normalized spacial score (nSPS) is 12.3. The van der Waals surface area contributed by atoms with Gasteiger partial charge in [-0.2, -0.15) is 0 Å². The zero-order chi connectivity index (χ0) is 14.5. The van der Waals surface area contributed by atoms with Crippen LogP contribution < -0.4 is 5.32 Å². The molecule has 0 aliphatic heterocycles. The predicted octanol–water partition coefficient (Wildman–Crippen LogP) is 3.18. The number of para-hydroxylation sites is 1. The Morgan fingerprint density at radius 2 is 1.90 bits per heavy atom. The van der Waals surface area contributed by atoms with Crippen LogP contribution in [-0.2, 0) is 6.54 Å². The van der Waals surface area contributed by atoms with Gasteiger partial charge in [-0.25, -0.2) is 0 Å². The molecule has 0 saturated heterocycles. The maximum absolute atomic E-state index is 10.1. The van der Waals surface area contributed by atoms with Gasteiger partial charge in [0, 0.05) is 29.2 Å². The Kier molecular flexibility index (Phi) is 5.01. The molecule has 20 heavy (non-hydrogen) atoms. The Balaban J connectivity index is 1.93. The molecule has 4 heteroatoms. The van der Waals surface area contributed by atoms with Crippen molar-refractivity contribution in [3.8, 4) is 5.75 Å². The number of aliphatic hydroxyl groups is 1. The van der Waals surface area contributed by atoms with Crippen molar-refractivity contribution in [2.45, 2.75) is 19.6 Å². The Labute approximate surface area is 123 Å². The summed E-state index contributed by atoms with van der Waals surface area (Å²) in [5, 5.41) is 23.7. The van der Waals surface area contributed by atoms with Crippen LogP contribution in [0.1, 0.15) is 22.8 Å². The second-order valence-corrected chi connectivity index (χ2v) is 5.16. The fourth-order valence-electron chi connectivity index (χ4n) is 2.06. The second kappa shape index (κ2) is 6.75. The van der Waals surface area contributed by atoms with Crippen LogP contribution in [-0.4, -0.2) is 16.8 Å². The highest BCUT2D eigenvalue weighted by Crippen LogP contribution is 2.23. The van der Waals surface area contributed by atoms with Crippen LogP contribution in [0.5, 0.6) is 5.75 Å². The molecule has 0 aliphatic carbocycles. The summed E-state index contributed by atoms with van der Waals surface area (Å²) in [4.78, 5) is 0. The Hall–Kier alpha value is -1.55. The van der Waals surface area contributed by atoms with Crippen molar-refractivity contribution in [1.82, 2.24) is 5.32 Å². The van der Waals surface area contributed by atoms with Gasteiger partial charge in [-0.15, -0.1) is 0 Å². The summed E-state index contributed by atoms with van der Waals surface area (Å²) in [5.74, 6) is 0.298. The van der Waals surface area contributed by atoms with Gasteiger partial charge in [0.25, 0.3) is 0 Å². The van der Waals surface area contributed by atoms with Crippen molar-refractivity contribution in [2.75, 3.05) is 6.54 Å². The van der Waals surface area contributed by atoms with Gasteiger partial charge in [0.2, 0.25) is 0 Å². The summed E-state index contributed by atoms with van der Waals surface area (Å²) in [6.45, 7) is 2.73. The minimum Gasteiger partial charge on any atom is -0.507 e. The number of aliphatic hydroxyl groups excluding tert-OH is 1. The fraction of sp³-hybridized carbons (Fsp3) is 0.250. The number of aromatic hydroxyl groups is 1. The third kappa shape index (κ3) is 3.51. The number of phenols is 1. The molecule has 3 N–H and O–H groups in total. The lowest BCUT2D eigenvalue weighted by molar-refractivity contribution is 0.174. The average Bonchev–Trinajstić information content (AvgIpc) is 2.44. The van der Waals surface area contributed by atoms with Crippen LogP contribution in [0.3, 0.4) is 0 Å². The average molecular weight is 292 g/mol. The highest BCUT2D eigenvalue weighted by atomic mass is 35.5. The van der Waals surface area contributed by atoms with E-state index < -0.39 is 6.10 Å². The molecule has 0 radical (unpaired) electrons. The molecule has 3 nitrogen and oxygen atoms in total. The molecule has 0 saturated carbocycles. The first kappa shape index (κ1) is 14.9. The number of halogens is 1. The molecule has 0 heterocycles. The monoisotopic (exact) mass is 291 g/mol. The molecule has 0 aromatic heterocycles. The standard InChI is InChI=1S/C16H18ClNO2/c1-11-5-4-6-12(16(11)20)9-18-10-15(19)13-7-2-3-8-14(13)17/h2-8,15,18-20H,9-10H2,1H3. The number of phenolic OH excluding ortho intramolecular Hbond substituents is 1. The summed E-state index contributed by atoms with van der Waals surface area (Å²) in [6.07, 6.45) is -0.671. The first-order valence-electron chi connectivity index (χ1n) is 6.50. The van der Waals surface area contributed by atoms with E-state index >= 15 is 0 Å². The van der Waals surface area contributed by atoms with Gasteiger partial charge in [-0.05, 0) is 18.6 Å². The van der Waals surface area contributed by atoms with Gasteiger partial charge in [0.05, 0.1) is 6.10 Å². The van der Waals surface area contributed by atoms with E-state index in [0.29, 0.717) is 29.4 Å².